The molecule has 0 aliphatic carbocycles. The Morgan fingerprint density at radius 3 is 2.40 bits per heavy atom. The molecule has 15 heavy (non-hydrogen) atoms. The highest BCUT2D eigenvalue weighted by molar-refractivity contribution is 6.42. The Morgan fingerprint density at radius 2 is 1.93 bits per heavy atom. The van der Waals surface area contributed by atoms with Crippen molar-refractivity contribution in [2.45, 2.75) is 6.18 Å². The van der Waals surface area contributed by atoms with E-state index in [2.05, 4.69) is 0 Å². The van der Waals surface area contributed by atoms with Gasteiger partial charge in [0.05, 0.1) is 18.8 Å². The summed E-state index contributed by atoms with van der Waals surface area (Å²) in [5.74, 6) is 0. The Bertz CT molecular complexity index is 297. The van der Waals surface area contributed by atoms with E-state index in [1.807, 2.05) is 0 Å². The largest absolute Gasteiger partial charge is 0.593 e. The van der Waals surface area contributed by atoms with E-state index in [1.54, 1.807) is 4.81 Å². The van der Waals surface area contributed by atoms with Gasteiger partial charge in [0.1, 0.15) is 0 Å². The maximum absolute atomic E-state index is 12.2. The molecule has 0 N–H and O–H groups in total. The Kier molecular flexibility index (Phi) is 2.75. The minimum absolute atomic E-state index is 0.149. The van der Waals surface area contributed by atoms with Gasteiger partial charge in [-0.05, 0) is 12.3 Å². The molecular weight excluding hydrogens is 210 g/mol. The van der Waals surface area contributed by atoms with E-state index >= 15 is 0 Å². The lowest BCUT2D eigenvalue weighted by atomic mass is 10.0. The molecule has 0 aromatic rings. The van der Waals surface area contributed by atoms with E-state index in [4.69, 9.17) is 9.31 Å². The normalized spacial score (nSPS) is 22.2. The van der Waals surface area contributed by atoms with Crippen molar-refractivity contribution in [1.29, 1.82) is 0 Å². The molecule has 82 valence electrons. The van der Waals surface area contributed by atoms with Gasteiger partial charge in [0.2, 0.25) is 0 Å². The fourth-order valence-electron chi connectivity index (χ4n) is 1.41. The molecule has 1 fully saturated rings. The van der Waals surface area contributed by atoms with E-state index in [-0.39, 0.29) is 6.54 Å². The third-order valence-electron chi connectivity index (χ3n) is 2.17. The molecule has 2 heterocycles. The molecule has 0 bridgehead atoms. The van der Waals surface area contributed by atoms with Crippen LogP contribution in [0.1, 0.15) is 0 Å². The van der Waals surface area contributed by atoms with Gasteiger partial charge in [-0.1, -0.05) is 6.08 Å². The van der Waals surface area contributed by atoms with E-state index < -0.39 is 19.0 Å². The molecular formula is C8H9BF3NO2. The molecule has 0 aromatic carbocycles. The first kappa shape index (κ1) is 10.6. The maximum atomic E-state index is 12.2. The van der Waals surface area contributed by atoms with Gasteiger partial charge in [0.25, 0.3) is 0 Å². The van der Waals surface area contributed by atoms with Crippen LogP contribution in [-0.2, 0) is 9.31 Å². The number of nitrogens with zero attached hydrogens (tertiary/aromatic N) is 1. The van der Waals surface area contributed by atoms with Gasteiger partial charge >= 0.3 is 13.4 Å². The minimum Gasteiger partial charge on any atom is -0.389 e. The second-order valence-electron chi connectivity index (χ2n) is 3.22. The highest BCUT2D eigenvalue weighted by Gasteiger charge is 2.36. The lowest BCUT2D eigenvalue weighted by Crippen LogP contribution is -2.38. The highest BCUT2D eigenvalue weighted by atomic mass is 19.4. The number of allylic oxidation sites excluding steroid dienone is 2. The molecule has 2 aliphatic heterocycles. The molecule has 0 spiro atoms. The van der Waals surface area contributed by atoms with Gasteiger partial charge in [0, 0.05) is 6.54 Å². The zero-order chi connectivity index (χ0) is 10.9. The summed E-state index contributed by atoms with van der Waals surface area (Å²) < 4.78 is 47.0. The molecule has 7 heteroatoms. The van der Waals surface area contributed by atoms with Crippen molar-refractivity contribution in [3.8, 4) is 0 Å². The molecule has 3 nitrogen and oxygen atoms in total. The zero-order valence-corrected chi connectivity index (χ0v) is 7.83. The van der Waals surface area contributed by atoms with Crippen molar-refractivity contribution in [2.75, 3.05) is 19.8 Å². The van der Waals surface area contributed by atoms with Gasteiger partial charge in [-0.25, -0.2) is 0 Å². The smallest absolute Gasteiger partial charge is 0.389 e. The number of hydrogen-bond donors (Lipinski definition) is 0. The summed E-state index contributed by atoms with van der Waals surface area (Å²) in [5.41, 5.74) is -0.628. The Morgan fingerprint density at radius 1 is 1.27 bits per heavy atom. The van der Waals surface area contributed by atoms with Crippen LogP contribution in [-0.4, -0.2) is 38.0 Å². The SMILES string of the molecule is FC(F)(F)C1=CCN(B2OCCO2)C=C1. The van der Waals surface area contributed by atoms with Gasteiger partial charge in [-0.3, -0.25) is 0 Å². The monoisotopic (exact) mass is 219 g/mol. The lowest BCUT2D eigenvalue weighted by molar-refractivity contribution is -0.0888. The highest BCUT2D eigenvalue weighted by Crippen LogP contribution is 2.28. The van der Waals surface area contributed by atoms with E-state index in [0.717, 1.165) is 12.2 Å². The van der Waals surface area contributed by atoms with Gasteiger partial charge < -0.3 is 14.1 Å². The molecule has 0 unspecified atom stereocenters. The van der Waals surface area contributed by atoms with Crippen LogP contribution in [0, 0.1) is 0 Å². The third kappa shape index (κ3) is 2.35. The van der Waals surface area contributed by atoms with Crippen LogP contribution >= 0.6 is 0 Å². The average Bonchev–Trinajstić information content (AvgIpc) is 2.69. The number of alkyl halides is 3. The zero-order valence-electron chi connectivity index (χ0n) is 7.83. The molecule has 2 rings (SSSR count). The Balaban J connectivity index is 1.97. The summed E-state index contributed by atoms with van der Waals surface area (Å²) in [5, 5.41) is 0. The van der Waals surface area contributed by atoms with Crippen molar-refractivity contribution in [2.24, 2.45) is 0 Å². The summed E-state index contributed by atoms with van der Waals surface area (Å²) in [6.07, 6.45) is -0.793. The van der Waals surface area contributed by atoms with Gasteiger partial charge in [-0.15, -0.1) is 0 Å². The van der Waals surface area contributed by atoms with Gasteiger partial charge in [-0.2, -0.15) is 13.2 Å². The van der Waals surface area contributed by atoms with Crippen LogP contribution in [0.3, 0.4) is 0 Å². The van der Waals surface area contributed by atoms with Crippen LogP contribution in [0.5, 0.6) is 0 Å². The van der Waals surface area contributed by atoms with E-state index in [9.17, 15) is 13.2 Å². The first-order valence-electron chi connectivity index (χ1n) is 4.52. The van der Waals surface area contributed by atoms with Gasteiger partial charge in [0.15, 0.2) is 0 Å². The molecule has 0 aromatic heterocycles. The minimum atomic E-state index is -4.28. The van der Waals surface area contributed by atoms with Crippen LogP contribution in [0.2, 0.25) is 0 Å². The quantitative estimate of drug-likeness (QED) is 0.621. The predicted molar refractivity (Wildman–Crippen MR) is 47.6 cm³/mol. The molecule has 0 radical (unpaired) electrons. The van der Waals surface area contributed by atoms with Crippen LogP contribution in [0.25, 0.3) is 0 Å². The Labute approximate surface area is 85.3 Å². The van der Waals surface area contributed by atoms with Crippen molar-refractivity contribution in [3.05, 3.63) is 23.9 Å². The van der Waals surface area contributed by atoms with E-state index in [0.29, 0.717) is 13.2 Å². The maximum Gasteiger partial charge on any atom is 0.593 e. The summed E-state index contributed by atoms with van der Waals surface area (Å²) in [7, 11) is -0.549. The Hall–Kier alpha value is -0.945. The van der Waals surface area contributed by atoms with Crippen molar-refractivity contribution >= 4 is 7.25 Å². The van der Waals surface area contributed by atoms with Crippen molar-refractivity contribution in [1.82, 2.24) is 4.81 Å². The summed E-state index contributed by atoms with van der Waals surface area (Å²) in [6, 6.07) is 0. The van der Waals surface area contributed by atoms with Crippen molar-refractivity contribution < 1.29 is 22.5 Å². The number of hydrogen-bond acceptors (Lipinski definition) is 3. The number of rotatable bonds is 1. The summed E-state index contributed by atoms with van der Waals surface area (Å²) in [6.45, 7) is 1.10. The molecule has 0 amide bonds. The second kappa shape index (κ2) is 3.90. The first-order valence-corrected chi connectivity index (χ1v) is 4.52. The van der Waals surface area contributed by atoms with E-state index in [1.165, 1.54) is 6.20 Å². The third-order valence-corrected chi connectivity index (χ3v) is 2.17. The fourth-order valence-corrected chi connectivity index (χ4v) is 1.41. The van der Waals surface area contributed by atoms with Crippen LogP contribution in [0.15, 0.2) is 23.9 Å². The summed E-state index contributed by atoms with van der Waals surface area (Å²) in [4.78, 5) is 1.57. The molecule has 0 saturated carbocycles. The fraction of sp³-hybridized carbons (Fsp3) is 0.500. The first-order chi connectivity index (χ1) is 7.07. The molecule has 0 atom stereocenters. The second-order valence-corrected chi connectivity index (χ2v) is 3.22. The standard InChI is InChI=1S/C8H9BF3NO2/c10-8(11,12)7-1-3-13(4-2-7)9-14-5-6-15-9/h1-3H,4-6H2. The van der Waals surface area contributed by atoms with Crippen LogP contribution in [0.4, 0.5) is 13.2 Å². The lowest BCUT2D eigenvalue weighted by Gasteiger charge is -2.24. The number of halogens is 3. The average molecular weight is 219 g/mol. The topological polar surface area (TPSA) is 21.7 Å². The molecule has 1 saturated heterocycles. The predicted octanol–water partition coefficient (Wildman–Crippen LogP) is 1.34. The van der Waals surface area contributed by atoms with Crippen LogP contribution < -0.4 is 0 Å². The molecule has 2 aliphatic rings. The van der Waals surface area contributed by atoms with Crippen molar-refractivity contribution in [3.63, 3.8) is 0 Å². The summed E-state index contributed by atoms with van der Waals surface area (Å²) >= 11 is 0.